The van der Waals surface area contributed by atoms with Gasteiger partial charge in [0.15, 0.2) is 5.94 Å². The SMILES string of the molecule is O=C1CS[CH]O1. The standard InChI is InChI=1S/C3H3O2S/c4-3-1-6-2-5-3/h2H,1H2. The Hall–Kier alpha value is -0.180. The Balaban J connectivity index is 2.37. The molecule has 2 nitrogen and oxygen atoms in total. The molecule has 33 valence electrons. The first-order valence-corrected chi connectivity index (χ1v) is 2.57. The van der Waals surface area contributed by atoms with Crippen LogP contribution >= 0.6 is 11.8 Å². The fourth-order valence-electron chi connectivity index (χ4n) is 0.224. The second-order valence-corrected chi connectivity index (χ2v) is 1.71. The maximum absolute atomic E-state index is 9.97. The van der Waals surface area contributed by atoms with Crippen molar-refractivity contribution in [1.82, 2.24) is 0 Å². The summed E-state index contributed by atoms with van der Waals surface area (Å²) in [5.74, 6) is 1.79. The third-order valence-corrected chi connectivity index (χ3v) is 1.08. The van der Waals surface area contributed by atoms with Crippen LogP contribution in [-0.4, -0.2) is 11.7 Å². The normalized spacial score (nSPS) is 21.0. The van der Waals surface area contributed by atoms with Crippen LogP contribution in [0.1, 0.15) is 0 Å². The van der Waals surface area contributed by atoms with E-state index in [1.54, 1.807) is 0 Å². The Kier molecular flexibility index (Phi) is 1.01. The topological polar surface area (TPSA) is 26.3 Å². The van der Waals surface area contributed by atoms with Gasteiger partial charge in [0.2, 0.25) is 0 Å². The molecule has 1 heterocycles. The Morgan fingerprint density at radius 3 is 3.00 bits per heavy atom. The molecule has 1 fully saturated rings. The predicted molar refractivity (Wildman–Crippen MR) is 22.8 cm³/mol. The smallest absolute Gasteiger partial charge is 0.317 e. The molecule has 0 aromatic carbocycles. The van der Waals surface area contributed by atoms with E-state index in [2.05, 4.69) is 4.74 Å². The number of cyclic esters (lactones) is 1. The van der Waals surface area contributed by atoms with Gasteiger partial charge in [-0.2, -0.15) is 0 Å². The summed E-state index contributed by atoms with van der Waals surface area (Å²) in [6.45, 7) is 0. The van der Waals surface area contributed by atoms with Crippen molar-refractivity contribution in [3.8, 4) is 0 Å². The van der Waals surface area contributed by atoms with Crippen LogP contribution in [0.15, 0.2) is 0 Å². The Morgan fingerprint density at radius 1 is 2.00 bits per heavy atom. The van der Waals surface area contributed by atoms with E-state index >= 15 is 0 Å². The van der Waals surface area contributed by atoms with E-state index in [4.69, 9.17) is 0 Å². The van der Waals surface area contributed by atoms with Crippen LogP contribution in [0.3, 0.4) is 0 Å². The summed E-state index contributed by atoms with van der Waals surface area (Å²) in [5, 5.41) is 0. The molecule has 0 saturated carbocycles. The first-order chi connectivity index (χ1) is 2.89. The number of hydrogen-bond donors (Lipinski definition) is 0. The number of carbonyl (C=O) groups is 1. The average molecular weight is 103 g/mol. The quantitative estimate of drug-likeness (QED) is 0.415. The fourth-order valence-corrected chi connectivity index (χ4v) is 0.671. The molecule has 1 aliphatic rings. The molecule has 3 heteroatoms. The van der Waals surface area contributed by atoms with Crippen molar-refractivity contribution in [3.05, 3.63) is 5.94 Å². The predicted octanol–water partition coefficient (Wildman–Crippen LogP) is 0.396. The highest BCUT2D eigenvalue weighted by Gasteiger charge is 2.10. The van der Waals surface area contributed by atoms with Gasteiger partial charge in [-0.05, 0) is 0 Å². The highest BCUT2D eigenvalue weighted by Crippen LogP contribution is 2.13. The lowest BCUT2D eigenvalue weighted by atomic mass is 10.8. The first kappa shape index (κ1) is 3.99. The van der Waals surface area contributed by atoms with Crippen molar-refractivity contribution in [2.75, 3.05) is 5.75 Å². The molecule has 0 atom stereocenters. The van der Waals surface area contributed by atoms with E-state index in [0.717, 1.165) is 0 Å². The molecule has 1 rings (SSSR count). The minimum absolute atomic E-state index is 0.139. The van der Waals surface area contributed by atoms with Crippen LogP contribution in [0.4, 0.5) is 0 Å². The molecular formula is C3H3O2S. The lowest BCUT2D eigenvalue weighted by Gasteiger charge is -1.78. The monoisotopic (exact) mass is 103 g/mol. The van der Waals surface area contributed by atoms with Crippen LogP contribution < -0.4 is 0 Å². The maximum atomic E-state index is 9.97. The van der Waals surface area contributed by atoms with Crippen LogP contribution in [0.5, 0.6) is 0 Å². The van der Waals surface area contributed by atoms with Crippen molar-refractivity contribution >= 4 is 17.7 Å². The summed E-state index contributed by atoms with van der Waals surface area (Å²) in [7, 11) is 0. The van der Waals surface area contributed by atoms with Gasteiger partial charge in [-0.25, -0.2) is 0 Å². The molecule has 1 saturated heterocycles. The third-order valence-electron chi connectivity index (χ3n) is 0.449. The second kappa shape index (κ2) is 1.51. The van der Waals surface area contributed by atoms with Gasteiger partial charge in [0.1, 0.15) is 0 Å². The van der Waals surface area contributed by atoms with Gasteiger partial charge in [-0.1, -0.05) is 0 Å². The maximum Gasteiger partial charge on any atom is 0.317 e. The summed E-state index contributed by atoms with van der Waals surface area (Å²) >= 11 is 1.39. The summed E-state index contributed by atoms with van der Waals surface area (Å²) in [5.41, 5.74) is 0. The highest BCUT2D eigenvalue weighted by atomic mass is 32.2. The zero-order chi connectivity index (χ0) is 4.41. The molecule has 0 N–H and O–H groups in total. The number of ether oxygens (including phenoxy) is 1. The number of thioether (sulfide) groups is 1. The van der Waals surface area contributed by atoms with Gasteiger partial charge in [-0.3, -0.25) is 4.79 Å². The summed E-state index contributed by atoms with van der Waals surface area (Å²) in [6.07, 6.45) is 0. The summed E-state index contributed by atoms with van der Waals surface area (Å²) < 4.78 is 4.35. The van der Waals surface area contributed by atoms with Crippen molar-refractivity contribution < 1.29 is 9.53 Å². The largest absolute Gasteiger partial charge is 0.446 e. The molecule has 0 spiro atoms. The molecule has 1 radical (unpaired) electrons. The minimum atomic E-state index is -0.139. The van der Waals surface area contributed by atoms with E-state index in [9.17, 15) is 4.79 Å². The highest BCUT2D eigenvalue weighted by molar-refractivity contribution is 8.02. The van der Waals surface area contributed by atoms with Crippen LogP contribution in [-0.2, 0) is 9.53 Å². The van der Waals surface area contributed by atoms with Crippen molar-refractivity contribution in [1.29, 1.82) is 0 Å². The number of carbonyl (C=O) groups excluding carboxylic acids is 1. The Labute approximate surface area is 39.9 Å². The molecule has 0 amide bonds. The van der Waals surface area contributed by atoms with E-state index in [-0.39, 0.29) is 5.97 Å². The number of rotatable bonds is 0. The molecule has 0 aromatic rings. The third kappa shape index (κ3) is 0.653. The van der Waals surface area contributed by atoms with Gasteiger partial charge < -0.3 is 4.74 Å². The molecule has 0 unspecified atom stereocenters. The molecule has 0 aromatic heterocycles. The van der Waals surface area contributed by atoms with Crippen LogP contribution in [0.2, 0.25) is 0 Å². The lowest BCUT2D eigenvalue weighted by Crippen LogP contribution is -1.92. The van der Waals surface area contributed by atoms with Gasteiger partial charge in [-0.15, -0.1) is 11.8 Å². The number of hydrogen-bond acceptors (Lipinski definition) is 3. The van der Waals surface area contributed by atoms with E-state index < -0.39 is 0 Å². The van der Waals surface area contributed by atoms with Crippen molar-refractivity contribution in [2.45, 2.75) is 0 Å². The van der Waals surface area contributed by atoms with Gasteiger partial charge in [0, 0.05) is 0 Å². The van der Waals surface area contributed by atoms with E-state index in [0.29, 0.717) is 5.75 Å². The summed E-state index contributed by atoms with van der Waals surface area (Å²) in [6, 6.07) is 0. The van der Waals surface area contributed by atoms with Gasteiger partial charge in [0.25, 0.3) is 0 Å². The molecule has 0 bridgehead atoms. The van der Waals surface area contributed by atoms with E-state index in [1.165, 1.54) is 17.7 Å². The molecule has 6 heavy (non-hydrogen) atoms. The Bertz CT molecular complexity index is 63.2. The first-order valence-electron chi connectivity index (χ1n) is 1.52. The number of esters is 1. The Morgan fingerprint density at radius 2 is 2.83 bits per heavy atom. The minimum Gasteiger partial charge on any atom is -0.446 e. The van der Waals surface area contributed by atoms with Crippen molar-refractivity contribution in [3.63, 3.8) is 0 Å². The second-order valence-electron chi connectivity index (χ2n) is 0.897. The summed E-state index contributed by atoms with van der Waals surface area (Å²) in [4.78, 5) is 9.97. The molecule has 1 aliphatic heterocycles. The van der Waals surface area contributed by atoms with Crippen molar-refractivity contribution in [2.24, 2.45) is 0 Å². The van der Waals surface area contributed by atoms with Gasteiger partial charge >= 0.3 is 5.97 Å². The lowest BCUT2D eigenvalue weighted by molar-refractivity contribution is -0.134. The zero-order valence-corrected chi connectivity index (χ0v) is 3.83. The van der Waals surface area contributed by atoms with Gasteiger partial charge in [0.05, 0.1) is 5.75 Å². The fraction of sp³-hybridized carbons (Fsp3) is 0.333. The van der Waals surface area contributed by atoms with Crippen LogP contribution in [0, 0.1) is 5.94 Å². The average Bonchev–Trinajstić information content (AvgIpc) is 1.86. The molecule has 0 aliphatic carbocycles. The van der Waals surface area contributed by atoms with Crippen LogP contribution in [0.25, 0.3) is 0 Å². The van der Waals surface area contributed by atoms with E-state index in [1.807, 2.05) is 0 Å². The zero-order valence-electron chi connectivity index (χ0n) is 3.01. The molecular weight excluding hydrogens is 100 g/mol.